The normalized spacial score (nSPS) is 23.9. The zero-order chi connectivity index (χ0) is 17.3. The molecule has 2 saturated heterocycles. The summed E-state index contributed by atoms with van der Waals surface area (Å²) in [5.41, 5.74) is 0.348. The Kier molecular flexibility index (Phi) is 4.69. The molecule has 2 amide bonds. The molecule has 5 nitrogen and oxygen atoms in total. The number of hydrogen-bond donors (Lipinski definition) is 1. The minimum absolute atomic E-state index is 0.0130. The zero-order valence-corrected chi connectivity index (χ0v) is 13.6. The van der Waals surface area contributed by atoms with E-state index in [2.05, 4.69) is 5.32 Å². The molecule has 0 aliphatic carbocycles. The minimum Gasteiger partial charge on any atom is -0.367 e. The lowest BCUT2D eigenvalue weighted by atomic mass is 10.1. The number of carbonyl (C=O) groups excluding carboxylic acids is 2. The highest BCUT2D eigenvalue weighted by Gasteiger charge is 2.35. The molecule has 2 heterocycles. The Bertz CT molecular complexity index is 653. The Morgan fingerprint density at radius 2 is 2.12 bits per heavy atom. The van der Waals surface area contributed by atoms with E-state index in [-0.39, 0.29) is 30.2 Å². The van der Waals surface area contributed by atoms with Crippen LogP contribution in [-0.2, 0) is 9.59 Å². The van der Waals surface area contributed by atoms with Crippen LogP contribution >= 0.6 is 0 Å². The van der Waals surface area contributed by atoms with Gasteiger partial charge in [-0.05, 0) is 25.5 Å². The van der Waals surface area contributed by atoms with E-state index < -0.39 is 11.6 Å². The average molecular weight is 337 g/mol. The van der Waals surface area contributed by atoms with Crippen LogP contribution in [0, 0.1) is 17.6 Å². The number of benzene rings is 1. The lowest BCUT2D eigenvalue weighted by molar-refractivity contribution is -0.129. The van der Waals surface area contributed by atoms with E-state index in [0.717, 1.165) is 6.07 Å². The number of anilines is 1. The number of likely N-dealkylation sites (tertiary alicyclic amines) is 1. The maximum Gasteiger partial charge on any atom is 0.225 e. The summed E-state index contributed by atoms with van der Waals surface area (Å²) >= 11 is 0. The number of carbonyl (C=O) groups is 2. The SMILES string of the molecule is CCN1C[C@H](C(=O)N[C@H]2CCN(c3ccc(F)cc3F)C2)CC1=O. The van der Waals surface area contributed by atoms with E-state index in [1.165, 1.54) is 12.1 Å². The summed E-state index contributed by atoms with van der Waals surface area (Å²) < 4.78 is 26.9. The maximum atomic E-state index is 13.9. The Balaban J connectivity index is 1.56. The van der Waals surface area contributed by atoms with Gasteiger partial charge in [0.1, 0.15) is 11.6 Å². The minimum atomic E-state index is -0.605. The molecule has 0 saturated carbocycles. The van der Waals surface area contributed by atoms with Crippen LogP contribution in [0.5, 0.6) is 0 Å². The van der Waals surface area contributed by atoms with Gasteiger partial charge in [0.05, 0.1) is 11.6 Å². The molecule has 1 aromatic rings. The van der Waals surface area contributed by atoms with E-state index in [0.29, 0.717) is 38.3 Å². The molecule has 0 aromatic heterocycles. The van der Waals surface area contributed by atoms with Crippen molar-refractivity contribution >= 4 is 17.5 Å². The van der Waals surface area contributed by atoms with Gasteiger partial charge in [0.25, 0.3) is 0 Å². The summed E-state index contributed by atoms with van der Waals surface area (Å²) in [4.78, 5) is 27.5. The molecule has 0 bridgehead atoms. The first-order valence-electron chi connectivity index (χ1n) is 8.26. The molecule has 1 aromatic carbocycles. The van der Waals surface area contributed by atoms with Gasteiger partial charge >= 0.3 is 0 Å². The Morgan fingerprint density at radius 1 is 1.33 bits per heavy atom. The summed E-state index contributed by atoms with van der Waals surface area (Å²) in [5, 5.41) is 2.96. The molecule has 0 radical (unpaired) electrons. The Labute approximate surface area is 139 Å². The van der Waals surface area contributed by atoms with E-state index in [9.17, 15) is 18.4 Å². The second kappa shape index (κ2) is 6.75. The predicted octanol–water partition coefficient (Wildman–Crippen LogP) is 1.53. The fourth-order valence-corrected chi connectivity index (χ4v) is 3.41. The van der Waals surface area contributed by atoms with Crippen molar-refractivity contribution in [3.05, 3.63) is 29.8 Å². The third-order valence-corrected chi connectivity index (χ3v) is 4.75. The fourth-order valence-electron chi connectivity index (χ4n) is 3.41. The molecule has 1 N–H and O–H groups in total. The molecule has 0 spiro atoms. The first-order valence-corrected chi connectivity index (χ1v) is 8.26. The topological polar surface area (TPSA) is 52.7 Å². The van der Waals surface area contributed by atoms with Crippen molar-refractivity contribution in [1.82, 2.24) is 10.2 Å². The van der Waals surface area contributed by atoms with E-state index >= 15 is 0 Å². The third-order valence-electron chi connectivity index (χ3n) is 4.75. The standard InChI is InChI=1S/C17H21F2N3O2/c1-2-21-9-11(7-16(21)23)17(24)20-13-5-6-22(10-13)15-4-3-12(18)8-14(15)19/h3-4,8,11,13H,2,5-7,9-10H2,1H3,(H,20,24)/t11-,13+/m1/s1. The number of nitrogens with one attached hydrogen (secondary N) is 1. The largest absolute Gasteiger partial charge is 0.367 e. The second-order valence-electron chi connectivity index (χ2n) is 6.37. The van der Waals surface area contributed by atoms with Gasteiger partial charge in [-0.25, -0.2) is 8.78 Å². The third kappa shape index (κ3) is 3.34. The summed E-state index contributed by atoms with van der Waals surface area (Å²) in [5.74, 6) is -1.62. The highest BCUT2D eigenvalue weighted by atomic mass is 19.1. The maximum absolute atomic E-state index is 13.9. The molecule has 24 heavy (non-hydrogen) atoms. The number of hydrogen-bond acceptors (Lipinski definition) is 3. The number of nitrogens with zero attached hydrogens (tertiary/aromatic N) is 2. The lowest BCUT2D eigenvalue weighted by Crippen LogP contribution is -2.41. The molecule has 3 rings (SSSR count). The van der Waals surface area contributed by atoms with Gasteiger partial charge in [0, 0.05) is 44.7 Å². The van der Waals surface area contributed by atoms with Crippen LogP contribution in [0.4, 0.5) is 14.5 Å². The quantitative estimate of drug-likeness (QED) is 0.907. The summed E-state index contributed by atoms with van der Waals surface area (Å²) in [6.45, 7) is 4.04. The first-order chi connectivity index (χ1) is 11.5. The van der Waals surface area contributed by atoms with Gasteiger partial charge in [0.2, 0.25) is 11.8 Å². The van der Waals surface area contributed by atoms with E-state index in [4.69, 9.17) is 0 Å². The van der Waals surface area contributed by atoms with Gasteiger partial charge in [-0.15, -0.1) is 0 Å². The molecular formula is C17H21F2N3O2. The van der Waals surface area contributed by atoms with Gasteiger partial charge in [0.15, 0.2) is 0 Å². The Morgan fingerprint density at radius 3 is 2.79 bits per heavy atom. The predicted molar refractivity (Wildman–Crippen MR) is 85.5 cm³/mol. The van der Waals surface area contributed by atoms with E-state index in [1.807, 2.05) is 6.92 Å². The highest BCUT2D eigenvalue weighted by Crippen LogP contribution is 2.25. The molecule has 2 fully saturated rings. The number of rotatable bonds is 4. The monoisotopic (exact) mass is 337 g/mol. The van der Waals surface area contributed by atoms with E-state index in [1.54, 1.807) is 9.80 Å². The van der Waals surface area contributed by atoms with Gasteiger partial charge in [-0.2, -0.15) is 0 Å². The first kappa shape index (κ1) is 16.7. The summed E-state index contributed by atoms with van der Waals surface area (Å²) in [6.07, 6.45) is 0.948. The van der Waals surface area contributed by atoms with Crippen molar-refractivity contribution in [2.75, 3.05) is 31.1 Å². The molecule has 7 heteroatoms. The second-order valence-corrected chi connectivity index (χ2v) is 6.37. The lowest BCUT2D eigenvalue weighted by Gasteiger charge is -2.20. The smallest absolute Gasteiger partial charge is 0.225 e. The van der Waals surface area contributed by atoms with Crippen molar-refractivity contribution < 1.29 is 18.4 Å². The van der Waals surface area contributed by atoms with Crippen LogP contribution in [0.25, 0.3) is 0 Å². The molecule has 130 valence electrons. The molecule has 2 atom stereocenters. The summed E-state index contributed by atoms with van der Waals surface area (Å²) in [7, 11) is 0. The van der Waals surface area contributed by atoms with Crippen LogP contribution in [-0.4, -0.2) is 48.9 Å². The Hall–Kier alpha value is -2.18. The van der Waals surface area contributed by atoms with Crippen molar-refractivity contribution in [3.8, 4) is 0 Å². The van der Waals surface area contributed by atoms with Crippen molar-refractivity contribution in [2.45, 2.75) is 25.8 Å². The van der Waals surface area contributed by atoms with Gasteiger partial charge in [-0.1, -0.05) is 0 Å². The number of halogens is 2. The molecular weight excluding hydrogens is 316 g/mol. The fraction of sp³-hybridized carbons (Fsp3) is 0.529. The molecule has 0 unspecified atom stereocenters. The average Bonchev–Trinajstić information content (AvgIpc) is 3.14. The van der Waals surface area contributed by atoms with Crippen molar-refractivity contribution in [1.29, 1.82) is 0 Å². The van der Waals surface area contributed by atoms with Crippen LogP contribution in [0.2, 0.25) is 0 Å². The van der Waals surface area contributed by atoms with Crippen molar-refractivity contribution in [2.24, 2.45) is 5.92 Å². The molecule has 2 aliphatic heterocycles. The van der Waals surface area contributed by atoms with Crippen LogP contribution < -0.4 is 10.2 Å². The van der Waals surface area contributed by atoms with Crippen LogP contribution in [0.15, 0.2) is 18.2 Å². The number of amides is 2. The van der Waals surface area contributed by atoms with Crippen molar-refractivity contribution in [3.63, 3.8) is 0 Å². The van der Waals surface area contributed by atoms with Gasteiger partial charge in [-0.3, -0.25) is 9.59 Å². The van der Waals surface area contributed by atoms with Crippen LogP contribution in [0.3, 0.4) is 0 Å². The summed E-state index contributed by atoms with van der Waals surface area (Å²) in [6, 6.07) is 3.43. The zero-order valence-electron chi connectivity index (χ0n) is 13.6. The highest BCUT2D eigenvalue weighted by molar-refractivity contribution is 5.89. The van der Waals surface area contributed by atoms with Crippen LogP contribution in [0.1, 0.15) is 19.8 Å². The molecule has 2 aliphatic rings. The van der Waals surface area contributed by atoms with Gasteiger partial charge < -0.3 is 15.1 Å².